The van der Waals surface area contributed by atoms with Crippen LogP contribution < -0.4 is 10.1 Å². The summed E-state index contributed by atoms with van der Waals surface area (Å²) in [6.45, 7) is 4.05. The highest BCUT2D eigenvalue weighted by Crippen LogP contribution is 2.17. The number of ether oxygens (including phenoxy) is 1. The van der Waals surface area contributed by atoms with E-state index in [0.29, 0.717) is 6.42 Å². The smallest absolute Gasteiger partial charge is 0.238 e. The van der Waals surface area contributed by atoms with Gasteiger partial charge < -0.3 is 10.1 Å². The highest BCUT2D eigenvalue weighted by Gasteiger charge is 2.01. The van der Waals surface area contributed by atoms with Gasteiger partial charge in [-0.25, -0.2) is 8.78 Å². The number of nitrogens with one attached hydrogen (secondary N) is 1. The number of hydrogen-bond acceptors (Lipinski definition) is 2. The van der Waals surface area contributed by atoms with E-state index in [4.69, 9.17) is 4.74 Å². The zero-order valence-corrected chi connectivity index (χ0v) is 19.3. The number of unbranched alkanes of at least 4 members (excludes halogenated alkanes) is 13. The van der Waals surface area contributed by atoms with E-state index in [1.807, 2.05) is 12.1 Å². The van der Waals surface area contributed by atoms with Crippen LogP contribution in [-0.2, 0) is 0 Å². The third-order valence-electron chi connectivity index (χ3n) is 5.55. The Balaban J connectivity index is 1.92. The first-order valence-corrected chi connectivity index (χ1v) is 12.5. The predicted octanol–water partition coefficient (Wildman–Crippen LogP) is 9.00. The van der Waals surface area contributed by atoms with E-state index in [0.717, 1.165) is 56.7 Å². The van der Waals surface area contributed by atoms with Crippen molar-refractivity contribution in [1.29, 1.82) is 0 Å². The molecular weight excluding hydrogens is 380 g/mol. The Hall–Kier alpha value is -1.32. The lowest BCUT2D eigenvalue weighted by molar-refractivity contribution is 0.133. The molecule has 174 valence electrons. The van der Waals surface area contributed by atoms with Crippen LogP contribution in [0.3, 0.4) is 0 Å². The molecule has 0 saturated heterocycles. The van der Waals surface area contributed by atoms with Crippen LogP contribution in [0.2, 0.25) is 0 Å². The topological polar surface area (TPSA) is 21.3 Å². The maximum absolute atomic E-state index is 12.0. The molecule has 0 amide bonds. The second-order valence-electron chi connectivity index (χ2n) is 8.43. The Morgan fingerprint density at radius 1 is 0.700 bits per heavy atom. The molecule has 0 aliphatic rings. The van der Waals surface area contributed by atoms with Gasteiger partial charge in [-0.2, -0.15) is 0 Å². The molecule has 1 rings (SSSR count). The Kier molecular flexibility index (Phi) is 17.5. The zero-order valence-electron chi connectivity index (χ0n) is 19.3. The van der Waals surface area contributed by atoms with Gasteiger partial charge in [-0.05, 0) is 43.5 Å². The van der Waals surface area contributed by atoms with Crippen molar-refractivity contribution in [3.05, 3.63) is 24.3 Å². The quantitative estimate of drug-likeness (QED) is 0.198. The molecule has 0 aliphatic heterocycles. The molecule has 1 aromatic rings. The Morgan fingerprint density at radius 2 is 1.23 bits per heavy atom. The molecular formula is C26H45F2NO. The fourth-order valence-corrected chi connectivity index (χ4v) is 3.64. The largest absolute Gasteiger partial charge is 0.494 e. The van der Waals surface area contributed by atoms with Crippen LogP contribution in [0.25, 0.3) is 0 Å². The first-order valence-electron chi connectivity index (χ1n) is 12.5. The summed E-state index contributed by atoms with van der Waals surface area (Å²) in [4.78, 5) is 0. The number of anilines is 1. The summed E-state index contributed by atoms with van der Waals surface area (Å²) in [7, 11) is 0. The van der Waals surface area contributed by atoms with Gasteiger partial charge in [0.2, 0.25) is 6.43 Å². The van der Waals surface area contributed by atoms with Crippen LogP contribution in [0.15, 0.2) is 24.3 Å². The number of halogens is 2. The lowest BCUT2D eigenvalue weighted by atomic mass is 10.1. The molecule has 30 heavy (non-hydrogen) atoms. The van der Waals surface area contributed by atoms with E-state index in [9.17, 15) is 8.78 Å². The van der Waals surface area contributed by atoms with Crippen molar-refractivity contribution in [3.63, 3.8) is 0 Å². The van der Waals surface area contributed by atoms with E-state index < -0.39 is 6.43 Å². The van der Waals surface area contributed by atoms with Crippen LogP contribution in [0.5, 0.6) is 5.75 Å². The van der Waals surface area contributed by atoms with Gasteiger partial charge >= 0.3 is 0 Å². The van der Waals surface area contributed by atoms with E-state index in [1.165, 1.54) is 57.8 Å². The summed E-state index contributed by atoms with van der Waals surface area (Å²) >= 11 is 0. The van der Waals surface area contributed by atoms with Gasteiger partial charge in [0.15, 0.2) is 0 Å². The van der Waals surface area contributed by atoms with Crippen molar-refractivity contribution in [3.8, 4) is 5.75 Å². The Bertz CT molecular complexity index is 478. The van der Waals surface area contributed by atoms with Crippen LogP contribution >= 0.6 is 0 Å². The fraction of sp³-hybridized carbons (Fsp3) is 0.769. The van der Waals surface area contributed by atoms with Gasteiger partial charge in [0.05, 0.1) is 6.61 Å². The molecule has 0 spiro atoms. The van der Waals surface area contributed by atoms with Crippen molar-refractivity contribution in [1.82, 2.24) is 0 Å². The summed E-state index contributed by atoms with van der Waals surface area (Å²) < 4.78 is 29.9. The summed E-state index contributed by atoms with van der Waals surface area (Å²) in [6.07, 6.45) is 15.9. The minimum absolute atomic E-state index is 0.0569. The van der Waals surface area contributed by atoms with E-state index in [2.05, 4.69) is 24.4 Å². The average Bonchev–Trinajstić information content (AvgIpc) is 2.74. The minimum atomic E-state index is -2.14. The SMILES string of the molecule is CCCCCCCCCCNc1ccc(OCCCCCCCCCC(F)F)cc1. The Labute approximate surface area is 184 Å². The maximum atomic E-state index is 12.0. The fourth-order valence-electron chi connectivity index (χ4n) is 3.64. The maximum Gasteiger partial charge on any atom is 0.238 e. The summed E-state index contributed by atoms with van der Waals surface area (Å²) in [5.74, 6) is 0.930. The van der Waals surface area contributed by atoms with Crippen LogP contribution in [-0.4, -0.2) is 19.6 Å². The van der Waals surface area contributed by atoms with Crippen molar-refractivity contribution in [2.75, 3.05) is 18.5 Å². The average molecular weight is 426 g/mol. The zero-order chi connectivity index (χ0) is 21.7. The monoisotopic (exact) mass is 425 g/mol. The second-order valence-corrected chi connectivity index (χ2v) is 8.43. The van der Waals surface area contributed by atoms with Crippen molar-refractivity contribution in [2.24, 2.45) is 0 Å². The van der Waals surface area contributed by atoms with Crippen molar-refractivity contribution < 1.29 is 13.5 Å². The molecule has 0 heterocycles. The first-order chi connectivity index (χ1) is 14.7. The molecule has 2 nitrogen and oxygen atoms in total. The van der Waals surface area contributed by atoms with Crippen molar-refractivity contribution >= 4 is 5.69 Å². The molecule has 0 aliphatic carbocycles. The summed E-state index contributed by atoms with van der Waals surface area (Å²) in [5.41, 5.74) is 1.16. The molecule has 1 aromatic carbocycles. The molecule has 0 atom stereocenters. The Morgan fingerprint density at radius 3 is 1.83 bits per heavy atom. The molecule has 0 radical (unpaired) electrons. The molecule has 0 aromatic heterocycles. The molecule has 0 saturated carbocycles. The van der Waals surface area contributed by atoms with Gasteiger partial charge in [-0.3, -0.25) is 0 Å². The van der Waals surface area contributed by atoms with Gasteiger partial charge in [0, 0.05) is 18.7 Å². The lowest BCUT2D eigenvalue weighted by Crippen LogP contribution is -2.02. The molecule has 1 N–H and O–H groups in total. The van der Waals surface area contributed by atoms with Crippen molar-refractivity contribution in [2.45, 2.75) is 116 Å². The number of alkyl halides is 2. The van der Waals surface area contributed by atoms with Gasteiger partial charge in [0.1, 0.15) is 5.75 Å². The van der Waals surface area contributed by atoms with E-state index >= 15 is 0 Å². The van der Waals surface area contributed by atoms with E-state index in [1.54, 1.807) is 0 Å². The van der Waals surface area contributed by atoms with Gasteiger partial charge in [-0.15, -0.1) is 0 Å². The number of hydrogen-bond donors (Lipinski definition) is 1. The number of benzene rings is 1. The van der Waals surface area contributed by atoms with Crippen LogP contribution in [0, 0.1) is 0 Å². The summed E-state index contributed by atoms with van der Waals surface area (Å²) in [6, 6.07) is 8.27. The molecule has 0 fully saturated rings. The van der Waals surface area contributed by atoms with Gasteiger partial charge in [0.25, 0.3) is 0 Å². The van der Waals surface area contributed by atoms with Crippen LogP contribution in [0.1, 0.15) is 110 Å². The van der Waals surface area contributed by atoms with Crippen LogP contribution in [0.4, 0.5) is 14.5 Å². The predicted molar refractivity (Wildman–Crippen MR) is 126 cm³/mol. The number of rotatable bonds is 21. The third-order valence-corrected chi connectivity index (χ3v) is 5.55. The normalized spacial score (nSPS) is 11.2. The second kappa shape index (κ2) is 19.6. The van der Waals surface area contributed by atoms with E-state index in [-0.39, 0.29) is 6.42 Å². The highest BCUT2D eigenvalue weighted by molar-refractivity contribution is 5.46. The standard InChI is InChI=1S/C26H45F2NO/c1-2-3-4-5-6-9-12-15-22-29-24-18-20-25(21-19-24)30-23-16-13-10-7-8-11-14-17-26(27)28/h18-21,26,29H,2-17,22-23H2,1H3. The molecule has 0 unspecified atom stereocenters. The lowest BCUT2D eigenvalue weighted by Gasteiger charge is -2.09. The highest BCUT2D eigenvalue weighted by atomic mass is 19.3. The van der Waals surface area contributed by atoms with Gasteiger partial charge in [-0.1, -0.05) is 84.0 Å². The summed E-state index contributed by atoms with van der Waals surface area (Å²) in [5, 5.41) is 3.50. The first kappa shape index (κ1) is 26.7. The third kappa shape index (κ3) is 16.5. The molecule has 4 heteroatoms. The minimum Gasteiger partial charge on any atom is -0.494 e. The molecule has 0 bridgehead atoms.